The van der Waals surface area contributed by atoms with E-state index in [1.54, 1.807) is 60.7 Å². The number of amides is 4. The third kappa shape index (κ3) is 19.6. The number of carbonyl (C=O) groups is 6. The van der Waals surface area contributed by atoms with Crippen molar-refractivity contribution in [2.45, 2.75) is 158 Å². The number of rotatable bonds is 24. The van der Waals surface area contributed by atoms with Crippen molar-refractivity contribution in [3.8, 4) is 22.3 Å². The second kappa shape index (κ2) is 39.5. The number of halogens is 3. The number of aliphatic hydroxyl groups excluding tert-OH is 1. The van der Waals surface area contributed by atoms with Crippen LogP contribution in [0.15, 0.2) is 266 Å². The van der Waals surface area contributed by atoms with E-state index in [-0.39, 0.29) is 95.7 Å². The zero-order valence-electron chi connectivity index (χ0n) is 74.6. The van der Waals surface area contributed by atoms with Crippen molar-refractivity contribution in [2.24, 2.45) is 72.5 Å². The van der Waals surface area contributed by atoms with Gasteiger partial charge in [-0.2, -0.15) is 5.01 Å². The van der Waals surface area contributed by atoms with E-state index in [1.807, 2.05) is 190 Å². The highest BCUT2D eigenvalue weighted by Gasteiger charge is 2.61. The van der Waals surface area contributed by atoms with Gasteiger partial charge in [0.25, 0.3) is 17.7 Å². The van der Waals surface area contributed by atoms with Gasteiger partial charge in [-0.05, 0) is 232 Å². The Kier molecular flexibility index (Phi) is 28.2. The summed E-state index contributed by atoms with van der Waals surface area (Å²) in [6, 6.07) is 70.4. The van der Waals surface area contributed by atoms with Crippen LogP contribution >= 0.6 is 50.2 Å². The quantitative estimate of drug-likeness (QED) is 0.0261. The van der Waals surface area contributed by atoms with Gasteiger partial charge < -0.3 is 37.8 Å². The van der Waals surface area contributed by atoms with Crippen molar-refractivity contribution >= 4 is 126 Å². The number of aryl methyl sites for hydroxylation is 1. The highest BCUT2D eigenvalue weighted by molar-refractivity contribution is 9.10. The fourth-order valence-corrected chi connectivity index (χ4v) is 22.1. The van der Waals surface area contributed by atoms with Crippen molar-refractivity contribution in [1.82, 2.24) is 35.0 Å². The molecular weight excluding hydrogens is 1770 g/mol. The standard InChI is InChI=1S/C30H24FN3O2.C24H27ClN2O2.C22H31N3O2.C19H18N4OS.C8H11BrN4S/c31-26-17-8-7-16-25(26)27(35)19-21-10-9-11-22(18-21)20-34-28(36)30(33-29(34)32,23-12-3-1-4-13-23)24-14-5-2-6-15-24;1-15(2)21(14-28)27-22(26)13-24(23(27)29,18-9-10-18)19-7-3-5-16(11-19)17-6-4-8-20(25)12-17;1-16(26)13-18-9-6-10-19(14-18)15-22(20(27)25(2)21(23)24-22)12-11-17-7-4-3-5-8-17;1-23-17(24)19(14-3-4-14,22-18(23)20)16-9-13(10-25-16)11-2-5-15-12(8-11)6-7-21-15;1-8(6-3-5(9)4-14-6)11-7(10)12-13(8)2/h1-18H,19-20H2,(H2,32,33);3-8,11-12,15,18,21,26,28H,9-10,13-14H2,1-2H3;3-5,7-8,18-19H,6,9-15H2,1-2H3,(H2,23,24);2,5-10,14,21H,3-4H2,1H3,(H2,20,22);3-4H,1-2H3,(H3,10,11,12)/t;21-,24?;18-,19-,22+;;/m.00../s1. The van der Waals surface area contributed by atoms with Gasteiger partial charge in [0.2, 0.25) is 11.9 Å². The summed E-state index contributed by atoms with van der Waals surface area (Å²) in [6.07, 6.45) is 13.7. The van der Waals surface area contributed by atoms with Crippen LogP contribution in [0.3, 0.4) is 0 Å². The Hall–Kier alpha value is -12.1. The SMILES string of the molecule is CC(=O)C[C@@H]1CCC[C@H](C[C@@]2(CCc3ccccc3)N=C(N)N(C)C2=O)C1.CC(C)[C@H](CO)N1C(=N)CC(c2cccc(-c3cccc(Cl)c3)c2)(C2CC2)C1=O.CN1C(=O)C(c2cc(-c3ccc4[nH]ccc4c3)cs2)(C2CC2)N=C1N.CN1NC(N)=NC1(C)c1cc(Br)cs1.NC1=NC(c2ccccc2)(c2ccccc2)C(=O)N1Cc1cccc(CC(=O)c2ccccc2F)c1. The van der Waals surface area contributed by atoms with Crippen molar-refractivity contribution in [1.29, 1.82) is 5.41 Å². The highest BCUT2D eigenvalue weighted by atomic mass is 79.9. The molecule has 3 aromatic heterocycles. The lowest BCUT2D eigenvalue weighted by Gasteiger charge is -2.34. The number of benzene rings is 8. The summed E-state index contributed by atoms with van der Waals surface area (Å²) in [6.45, 7) is 7.73. The van der Waals surface area contributed by atoms with Gasteiger partial charge in [0.05, 0.1) is 30.2 Å². The zero-order chi connectivity index (χ0) is 92.8. The summed E-state index contributed by atoms with van der Waals surface area (Å²) in [5.74, 6) is 2.18. The van der Waals surface area contributed by atoms with E-state index in [0.29, 0.717) is 59.8 Å². The fraction of sp³-hybridized carbons (Fsp3) is 0.330. The van der Waals surface area contributed by atoms with Gasteiger partial charge in [-0.15, -0.1) is 22.7 Å². The predicted octanol–water partition coefficient (Wildman–Crippen LogP) is 17.8. The number of carbonyl (C=O) groups excluding carboxylic acids is 6. The number of aliphatic imine (C=N–C) groups is 4. The number of hydrogen-bond donors (Lipinski definition) is 8. The summed E-state index contributed by atoms with van der Waals surface area (Å²) < 4.78 is 15.1. The van der Waals surface area contributed by atoms with Crippen LogP contribution in [-0.2, 0) is 65.5 Å². The minimum absolute atomic E-state index is 0.00184. The number of aliphatic hydroxyl groups is 1. The van der Waals surface area contributed by atoms with Crippen molar-refractivity contribution in [3.05, 3.63) is 305 Å². The van der Waals surface area contributed by atoms with Gasteiger partial charge in [0.1, 0.15) is 23.0 Å². The number of Topliss-reactive ketones (excluding diaryl/α,β-unsaturated/α-hetero) is 2. The van der Waals surface area contributed by atoms with Gasteiger partial charge in [-0.3, -0.25) is 54.4 Å². The molecule has 23 nitrogen and oxygen atoms in total. The minimum atomic E-state index is -1.27. The van der Waals surface area contributed by atoms with E-state index in [2.05, 4.69) is 101 Å². The molecule has 28 heteroatoms. The number of thiophene rings is 2. The number of hydrazine groups is 1. The number of nitrogens with two attached hydrogens (primary N) is 4. The number of fused-ring (bicyclic) bond motifs is 1. The van der Waals surface area contributed by atoms with Crippen LogP contribution in [0.5, 0.6) is 0 Å². The van der Waals surface area contributed by atoms with Crippen LogP contribution in [0.1, 0.15) is 158 Å². The van der Waals surface area contributed by atoms with E-state index >= 15 is 0 Å². The molecule has 0 radical (unpaired) electrons. The summed E-state index contributed by atoms with van der Waals surface area (Å²) in [4.78, 5) is 108. The Morgan fingerprint density at radius 2 is 1.23 bits per heavy atom. The number of aromatic nitrogens is 1. The number of likely N-dealkylation sites (N-methyl/N-ethyl adjacent to an activating group) is 2. The summed E-state index contributed by atoms with van der Waals surface area (Å²) in [7, 11) is 5.35. The number of ketones is 2. The number of amidine groups is 1. The third-order valence-electron chi connectivity index (χ3n) is 26.5. The van der Waals surface area contributed by atoms with Gasteiger partial charge in [-0.25, -0.2) is 24.4 Å². The molecular formula is C103H111BrClFN16O7S2. The molecule has 0 bridgehead atoms. The number of hydrogen-bond acceptors (Lipinski definition) is 20. The molecule has 5 aliphatic heterocycles. The van der Waals surface area contributed by atoms with E-state index in [1.165, 1.54) is 37.8 Å². The lowest BCUT2D eigenvalue weighted by atomic mass is 9.72. The topological polar surface area (TPSA) is 344 Å². The molecule has 12 N–H and O–H groups in total. The molecule has 0 spiro atoms. The lowest BCUT2D eigenvalue weighted by molar-refractivity contribution is -0.135. The van der Waals surface area contributed by atoms with E-state index in [0.717, 1.165) is 134 Å². The van der Waals surface area contributed by atoms with Crippen LogP contribution in [0.2, 0.25) is 5.02 Å². The molecule has 7 atom stereocenters. The first-order chi connectivity index (χ1) is 62.9. The molecule has 19 rings (SSSR count). The van der Waals surface area contributed by atoms with Gasteiger partial charge in [-0.1, -0.05) is 215 Å². The van der Waals surface area contributed by atoms with Crippen LogP contribution in [0.25, 0.3) is 33.2 Å². The Morgan fingerprint density at radius 1 is 0.618 bits per heavy atom. The zero-order valence-corrected chi connectivity index (χ0v) is 78.5. The van der Waals surface area contributed by atoms with Gasteiger partial charge in [0, 0.05) is 76.7 Å². The van der Waals surface area contributed by atoms with E-state index < -0.39 is 27.8 Å². The first-order valence-electron chi connectivity index (χ1n) is 44.5. The Bertz CT molecular complexity index is 6180. The lowest BCUT2D eigenvalue weighted by Crippen LogP contribution is -2.48. The molecule has 8 aliphatic rings. The number of nitrogens with zero attached hydrogens (tertiary/aromatic N) is 9. The summed E-state index contributed by atoms with van der Waals surface area (Å²) in [5.41, 5.74) is 33.7. The second-order valence-corrected chi connectivity index (χ2v) is 39.0. The monoisotopic (exact) mass is 1880 g/mol. The molecule has 8 aromatic carbocycles. The molecule has 678 valence electrons. The van der Waals surface area contributed by atoms with Crippen LogP contribution in [0.4, 0.5) is 4.39 Å². The number of aromatic amines is 1. The van der Waals surface area contributed by atoms with E-state index in [9.17, 15) is 38.3 Å². The number of H-pyrrole nitrogens is 1. The molecule has 8 heterocycles. The normalized spacial score (nSPS) is 22.4. The van der Waals surface area contributed by atoms with Crippen LogP contribution in [-0.4, -0.2) is 139 Å². The van der Waals surface area contributed by atoms with Gasteiger partial charge >= 0.3 is 0 Å². The maximum atomic E-state index is 14.0. The number of guanidine groups is 4. The number of nitrogens with one attached hydrogen (secondary N) is 3. The van der Waals surface area contributed by atoms with Gasteiger partial charge in [0.15, 0.2) is 40.4 Å². The smallest absolute Gasteiger partial charge is 0.266 e. The van der Waals surface area contributed by atoms with Crippen molar-refractivity contribution in [3.63, 3.8) is 0 Å². The first-order valence-corrected chi connectivity index (χ1v) is 47.4. The Labute approximate surface area is 785 Å². The third-order valence-corrected chi connectivity index (χ3v) is 29.7. The Balaban J connectivity index is 0.000000128. The first kappa shape index (κ1) is 93.6. The molecule has 3 aliphatic carbocycles. The summed E-state index contributed by atoms with van der Waals surface area (Å²) >= 11 is 12.9. The predicted molar refractivity (Wildman–Crippen MR) is 522 cm³/mol. The van der Waals surface area contributed by atoms with Crippen LogP contribution in [0, 0.1) is 40.8 Å². The Morgan fingerprint density at radius 3 is 1.84 bits per heavy atom. The maximum Gasteiger partial charge on any atom is 0.266 e. The average molecular weight is 1880 g/mol. The second-order valence-electron chi connectivity index (χ2n) is 35.9. The molecule has 3 unspecified atom stereocenters. The highest BCUT2D eigenvalue weighted by Crippen LogP contribution is 2.56. The molecule has 4 amide bonds. The van der Waals surface area contributed by atoms with Crippen molar-refractivity contribution < 1.29 is 38.3 Å². The molecule has 1 saturated heterocycles. The van der Waals surface area contributed by atoms with Crippen molar-refractivity contribution in [2.75, 3.05) is 27.7 Å². The molecule has 4 fully saturated rings. The molecule has 131 heavy (non-hydrogen) atoms. The van der Waals surface area contributed by atoms with Crippen LogP contribution < -0.4 is 28.4 Å². The van der Waals surface area contributed by atoms with E-state index in [4.69, 9.17) is 44.9 Å². The average Bonchev–Trinajstić information content (AvgIpc) is 1.57. The minimum Gasteiger partial charge on any atom is -0.394 e. The fourth-order valence-electron chi connectivity index (χ4n) is 19.2. The maximum absolute atomic E-state index is 14.0. The largest absolute Gasteiger partial charge is 0.394 e. The summed E-state index contributed by atoms with van der Waals surface area (Å²) in [5, 5.41) is 26.4. The molecule has 11 aromatic rings. The number of likely N-dealkylation sites (tertiary alicyclic amines) is 1. The molecule has 3 saturated carbocycles.